The second-order valence-electron chi connectivity index (χ2n) is 18.4. The molecule has 0 radical (unpaired) electrons. The Bertz CT molecular complexity index is 3370. The van der Waals surface area contributed by atoms with Crippen LogP contribution in [0.25, 0.3) is 39.3 Å². The lowest BCUT2D eigenvalue weighted by molar-refractivity contribution is -0.130. The van der Waals surface area contributed by atoms with Crippen molar-refractivity contribution in [3.63, 3.8) is 0 Å². The van der Waals surface area contributed by atoms with Gasteiger partial charge in [0, 0.05) is 64.3 Å². The van der Waals surface area contributed by atoms with E-state index in [9.17, 15) is 15.3 Å². The number of nitrogens with zero attached hydrogens (tertiary/aromatic N) is 5. The third-order valence-corrected chi connectivity index (χ3v) is 13.3. The Morgan fingerprint density at radius 3 is 2.31 bits per heavy atom. The van der Waals surface area contributed by atoms with Crippen molar-refractivity contribution in [2.24, 2.45) is 5.41 Å². The number of ether oxygens (including phenoxy) is 3. The highest BCUT2D eigenvalue weighted by atomic mass is 16.5. The van der Waals surface area contributed by atoms with Crippen LogP contribution in [0.4, 0.5) is 11.4 Å². The highest BCUT2D eigenvalue weighted by Crippen LogP contribution is 2.40. The molecule has 2 aliphatic rings. The van der Waals surface area contributed by atoms with Crippen LogP contribution in [0.3, 0.4) is 0 Å². The topological polar surface area (TPSA) is 147 Å². The van der Waals surface area contributed by atoms with Gasteiger partial charge < -0.3 is 28.8 Å². The molecule has 0 aliphatic carbocycles. The molecular formula is C61H54N6O5. The van der Waals surface area contributed by atoms with Crippen LogP contribution in [0.5, 0.6) is 11.5 Å². The van der Waals surface area contributed by atoms with Crippen molar-refractivity contribution >= 4 is 33.6 Å². The number of carbonyl (C=O) groups is 1. The molecule has 0 saturated carbocycles. The van der Waals surface area contributed by atoms with Crippen LogP contribution >= 0.6 is 0 Å². The van der Waals surface area contributed by atoms with E-state index in [1.807, 2.05) is 104 Å². The van der Waals surface area contributed by atoms with Crippen LogP contribution in [0.2, 0.25) is 0 Å². The van der Waals surface area contributed by atoms with Crippen LogP contribution in [0, 0.1) is 28.1 Å². The molecule has 1 amide bonds. The average Bonchev–Trinajstić information content (AvgIpc) is 3.90. The maximum Gasteiger partial charge on any atom is 0.248 e. The molecule has 11 heteroatoms. The van der Waals surface area contributed by atoms with Crippen molar-refractivity contribution in [1.29, 1.82) is 10.5 Å². The summed E-state index contributed by atoms with van der Waals surface area (Å²) in [6, 6.07) is 50.4. The van der Waals surface area contributed by atoms with E-state index in [1.54, 1.807) is 25.2 Å². The molecule has 0 spiro atoms. The first-order valence-corrected chi connectivity index (χ1v) is 24.1. The number of hydrogen-bond acceptors (Lipinski definition) is 10. The quantitative estimate of drug-likeness (QED) is 0.0929. The summed E-state index contributed by atoms with van der Waals surface area (Å²) in [5.74, 6) is 4.05. The molecule has 3 heterocycles. The van der Waals surface area contributed by atoms with Crippen LogP contribution in [-0.4, -0.2) is 29.2 Å². The van der Waals surface area contributed by atoms with Gasteiger partial charge in [-0.05, 0) is 133 Å². The van der Waals surface area contributed by atoms with Crippen molar-refractivity contribution in [1.82, 2.24) is 15.5 Å². The second kappa shape index (κ2) is 21.4. The van der Waals surface area contributed by atoms with Gasteiger partial charge in [-0.2, -0.15) is 10.5 Å². The molecule has 11 nitrogen and oxygen atoms in total. The number of para-hydroxylation sites is 1. The number of allylic oxidation sites excluding steroid dienone is 8. The molecule has 0 bridgehead atoms. The average molecular weight is 951 g/mol. The molecule has 2 atom stereocenters. The lowest BCUT2D eigenvalue weighted by Gasteiger charge is -2.31. The zero-order chi connectivity index (χ0) is 50.2. The highest BCUT2D eigenvalue weighted by Gasteiger charge is 2.33. The predicted octanol–water partition coefficient (Wildman–Crippen LogP) is 13.8. The zero-order valence-electron chi connectivity index (χ0n) is 41.0. The van der Waals surface area contributed by atoms with Crippen molar-refractivity contribution < 1.29 is 23.4 Å². The normalized spacial score (nSPS) is 14.7. The summed E-state index contributed by atoms with van der Waals surface area (Å²) < 4.78 is 24.7. The van der Waals surface area contributed by atoms with Crippen LogP contribution in [0.1, 0.15) is 70.1 Å². The number of hydrogen-bond donors (Lipinski definition) is 1. The summed E-state index contributed by atoms with van der Waals surface area (Å²) >= 11 is 0. The second-order valence-corrected chi connectivity index (χ2v) is 18.4. The standard InChI is InChI=1S/C61H54N6O5/c1-6-61(5,36-41(3)44-21-19-43(20-22-44)39-69-51-26-23-46(24-27-51)58-65-66-59(72-58)56-18-12-14-45-13-10-11-17-55(45)56)60(68)64-29-30-67(49-15-8-7-9-16-49)50-25-28-54-40(2)31-52(71-57(54)34-50)35-53-33-47(32-42(4)70-53)48(37-62)38-63/h7-28,31-35,41H,6,29-30,36,39H2,1-5H3,(H,64,68)/b52-35-. The Hall–Kier alpha value is -8.93. The number of amides is 1. The van der Waals surface area contributed by atoms with Gasteiger partial charge in [0.15, 0.2) is 0 Å². The van der Waals surface area contributed by atoms with E-state index >= 15 is 0 Å². The van der Waals surface area contributed by atoms with Gasteiger partial charge in [-0.3, -0.25) is 4.79 Å². The zero-order valence-corrected chi connectivity index (χ0v) is 41.0. The molecule has 7 aromatic rings. The Morgan fingerprint density at radius 1 is 0.806 bits per heavy atom. The van der Waals surface area contributed by atoms with Gasteiger partial charge in [0.1, 0.15) is 53.1 Å². The maximum absolute atomic E-state index is 14.1. The molecule has 6 aromatic carbocycles. The molecule has 1 N–H and O–H groups in total. The summed E-state index contributed by atoms with van der Waals surface area (Å²) in [5.41, 5.74) is 7.65. The fraction of sp³-hybridized carbons (Fsp3) is 0.197. The molecule has 0 saturated heterocycles. The Kier molecular flexibility index (Phi) is 14.3. The highest BCUT2D eigenvalue weighted by molar-refractivity contribution is 5.94. The number of nitriles is 2. The predicted molar refractivity (Wildman–Crippen MR) is 281 cm³/mol. The van der Waals surface area contributed by atoms with Gasteiger partial charge in [0.2, 0.25) is 17.7 Å². The third-order valence-electron chi connectivity index (χ3n) is 13.3. The number of fused-ring (bicyclic) bond motifs is 2. The monoisotopic (exact) mass is 950 g/mol. The Morgan fingerprint density at radius 2 is 1.54 bits per heavy atom. The SMILES string of the molecule is CCC(C)(CC(C)c1ccc(COc2ccc(-c3nnc(-c4cccc5ccccc45)o3)cc2)cc1)C(=O)NCCN(c1ccccc1)c1ccc2c(c1)O/C(=C\C1=CC(=C(C#N)C#N)C=C(C)O1)C=C2C. The van der Waals surface area contributed by atoms with E-state index in [4.69, 9.17) is 18.6 Å². The molecule has 358 valence electrons. The van der Waals surface area contributed by atoms with E-state index in [-0.39, 0.29) is 17.4 Å². The minimum Gasteiger partial charge on any atom is -0.489 e. The van der Waals surface area contributed by atoms with Crippen LogP contribution in [-0.2, 0) is 16.1 Å². The third kappa shape index (κ3) is 10.8. The summed E-state index contributed by atoms with van der Waals surface area (Å²) in [6.07, 6.45) is 8.39. The van der Waals surface area contributed by atoms with E-state index < -0.39 is 5.41 Å². The lowest BCUT2D eigenvalue weighted by Crippen LogP contribution is -2.42. The number of benzene rings is 6. The molecule has 72 heavy (non-hydrogen) atoms. The maximum atomic E-state index is 14.1. The van der Waals surface area contributed by atoms with Crippen molar-refractivity contribution in [3.8, 4) is 46.5 Å². The van der Waals surface area contributed by atoms with Gasteiger partial charge in [-0.25, -0.2) is 0 Å². The fourth-order valence-corrected chi connectivity index (χ4v) is 9.14. The first-order valence-electron chi connectivity index (χ1n) is 24.1. The lowest BCUT2D eigenvalue weighted by atomic mass is 9.76. The van der Waals surface area contributed by atoms with Crippen LogP contribution < -0.4 is 19.7 Å². The molecule has 9 rings (SSSR count). The number of anilines is 2. The van der Waals surface area contributed by atoms with Crippen molar-refractivity contribution in [3.05, 3.63) is 209 Å². The fourth-order valence-electron chi connectivity index (χ4n) is 9.14. The number of nitrogens with one attached hydrogen (secondary N) is 1. The largest absolute Gasteiger partial charge is 0.489 e. The molecular weight excluding hydrogens is 897 g/mol. The summed E-state index contributed by atoms with van der Waals surface area (Å²) in [7, 11) is 0. The van der Waals surface area contributed by atoms with E-state index in [1.165, 1.54) is 0 Å². The summed E-state index contributed by atoms with van der Waals surface area (Å²) in [4.78, 5) is 16.3. The molecule has 2 unspecified atom stereocenters. The van der Waals surface area contributed by atoms with E-state index in [0.29, 0.717) is 72.9 Å². The van der Waals surface area contributed by atoms with Crippen molar-refractivity contribution in [2.75, 3.05) is 18.0 Å². The number of carbonyl (C=O) groups excluding carboxylic acids is 1. The molecule has 1 aromatic heterocycles. The first kappa shape index (κ1) is 48.1. The van der Waals surface area contributed by atoms with Gasteiger partial charge in [-0.1, -0.05) is 99.6 Å². The van der Waals surface area contributed by atoms with E-state index in [2.05, 4.69) is 102 Å². The van der Waals surface area contributed by atoms with E-state index in [0.717, 1.165) is 61.3 Å². The summed E-state index contributed by atoms with van der Waals surface area (Å²) in [5, 5.41) is 33.0. The molecule has 2 aliphatic heterocycles. The smallest absolute Gasteiger partial charge is 0.248 e. The summed E-state index contributed by atoms with van der Waals surface area (Å²) in [6.45, 7) is 11.5. The van der Waals surface area contributed by atoms with Gasteiger partial charge >= 0.3 is 0 Å². The van der Waals surface area contributed by atoms with Crippen molar-refractivity contribution in [2.45, 2.75) is 60.0 Å². The van der Waals surface area contributed by atoms with Gasteiger partial charge in [0.05, 0.1) is 0 Å². The van der Waals surface area contributed by atoms with Gasteiger partial charge in [-0.15, -0.1) is 10.2 Å². The Labute approximate surface area is 420 Å². The number of aromatic nitrogens is 2. The number of rotatable bonds is 16. The minimum atomic E-state index is -0.594. The molecule has 0 fully saturated rings. The van der Waals surface area contributed by atoms with Gasteiger partial charge in [0.25, 0.3) is 0 Å². The van der Waals surface area contributed by atoms with Crippen LogP contribution in [0.15, 0.2) is 197 Å². The first-order chi connectivity index (χ1) is 35.0. The Balaban J connectivity index is 0.801. The minimum absolute atomic E-state index is 0.00580.